The fraction of sp³-hybridized carbons (Fsp3) is 0.429. The molecule has 0 aliphatic carbocycles. The summed E-state index contributed by atoms with van der Waals surface area (Å²) in [7, 11) is 0. The van der Waals surface area contributed by atoms with E-state index in [0.29, 0.717) is 17.2 Å². The lowest BCUT2D eigenvalue weighted by molar-refractivity contribution is -0.384. The highest BCUT2D eigenvalue weighted by Gasteiger charge is 2.23. The first kappa shape index (κ1) is 16.2. The van der Waals surface area contributed by atoms with Crippen LogP contribution in [0.1, 0.15) is 25.3 Å². The summed E-state index contributed by atoms with van der Waals surface area (Å²) < 4.78 is 0. The number of rotatable bonds is 4. The number of nitrogens with zero attached hydrogens (tertiary/aromatic N) is 3. The number of thiocarbonyl (C=S) groups is 1. The van der Waals surface area contributed by atoms with Crippen LogP contribution in [0.3, 0.4) is 0 Å². The van der Waals surface area contributed by atoms with Gasteiger partial charge in [0, 0.05) is 24.7 Å². The lowest BCUT2D eigenvalue weighted by atomic mass is 9.98. The molecule has 0 bridgehead atoms. The van der Waals surface area contributed by atoms with Crippen molar-refractivity contribution in [3.05, 3.63) is 33.9 Å². The number of nitrogens with two attached hydrogens (primary N) is 1. The van der Waals surface area contributed by atoms with Crippen LogP contribution in [0.5, 0.6) is 0 Å². The lowest BCUT2D eigenvalue weighted by Crippen LogP contribution is -2.33. The Morgan fingerprint density at radius 3 is 2.82 bits per heavy atom. The van der Waals surface area contributed by atoms with E-state index in [4.69, 9.17) is 5.73 Å². The number of benzene rings is 1. The molecule has 8 heteroatoms. The van der Waals surface area contributed by atoms with Crippen LogP contribution in [0.2, 0.25) is 0 Å². The number of nitro groups is 1. The molecule has 0 spiro atoms. The molecule has 1 saturated heterocycles. The van der Waals surface area contributed by atoms with E-state index >= 15 is 0 Å². The minimum absolute atomic E-state index is 0.0461. The van der Waals surface area contributed by atoms with Crippen molar-refractivity contribution in [1.29, 1.82) is 0 Å². The van der Waals surface area contributed by atoms with Gasteiger partial charge in [0.05, 0.1) is 11.1 Å². The van der Waals surface area contributed by atoms with E-state index in [9.17, 15) is 10.1 Å². The maximum absolute atomic E-state index is 11.3. The topological polar surface area (TPSA) is 96.8 Å². The van der Waals surface area contributed by atoms with Gasteiger partial charge in [-0.2, -0.15) is 5.10 Å². The van der Waals surface area contributed by atoms with Gasteiger partial charge in [-0.15, -0.1) is 0 Å². The molecule has 7 nitrogen and oxygen atoms in total. The summed E-state index contributed by atoms with van der Waals surface area (Å²) in [6.07, 6.45) is 3.56. The van der Waals surface area contributed by atoms with Gasteiger partial charge in [-0.25, -0.2) is 0 Å². The third-order valence-corrected chi connectivity index (χ3v) is 3.80. The average molecular weight is 321 g/mol. The fourth-order valence-electron chi connectivity index (χ4n) is 2.45. The van der Waals surface area contributed by atoms with Gasteiger partial charge >= 0.3 is 0 Å². The van der Waals surface area contributed by atoms with E-state index in [0.717, 1.165) is 25.9 Å². The molecule has 1 aromatic rings. The number of nitrogens with one attached hydrogen (secondary N) is 1. The smallest absolute Gasteiger partial charge is 0.293 e. The zero-order valence-corrected chi connectivity index (χ0v) is 13.2. The zero-order valence-electron chi connectivity index (χ0n) is 12.4. The van der Waals surface area contributed by atoms with Crippen molar-refractivity contribution in [2.75, 3.05) is 18.0 Å². The number of hydrogen-bond acceptors (Lipinski definition) is 5. The quantitative estimate of drug-likeness (QED) is 0.381. The second kappa shape index (κ2) is 7.17. The third kappa shape index (κ3) is 4.14. The number of hydrazone groups is 1. The number of nitro benzene ring substituents is 1. The molecule has 118 valence electrons. The van der Waals surface area contributed by atoms with Crippen molar-refractivity contribution >= 4 is 34.9 Å². The van der Waals surface area contributed by atoms with Crippen molar-refractivity contribution in [1.82, 2.24) is 5.43 Å². The van der Waals surface area contributed by atoms with Crippen LogP contribution in [-0.2, 0) is 0 Å². The van der Waals surface area contributed by atoms with Gasteiger partial charge in [-0.1, -0.05) is 13.0 Å². The van der Waals surface area contributed by atoms with E-state index in [-0.39, 0.29) is 15.7 Å². The average Bonchev–Trinajstić information content (AvgIpc) is 2.47. The Hall–Kier alpha value is -2.22. The van der Waals surface area contributed by atoms with Gasteiger partial charge in [0.15, 0.2) is 5.11 Å². The number of hydrogen-bond donors (Lipinski definition) is 2. The molecule has 1 aromatic carbocycles. The Balaban J connectivity index is 2.22. The van der Waals surface area contributed by atoms with Gasteiger partial charge in [0.1, 0.15) is 5.69 Å². The van der Waals surface area contributed by atoms with E-state index in [1.165, 1.54) is 12.3 Å². The van der Waals surface area contributed by atoms with E-state index in [1.54, 1.807) is 12.1 Å². The maximum Gasteiger partial charge on any atom is 0.293 e. The van der Waals surface area contributed by atoms with Crippen molar-refractivity contribution in [2.24, 2.45) is 16.8 Å². The lowest BCUT2D eigenvalue weighted by Gasteiger charge is -2.31. The van der Waals surface area contributed by atoms with Crippen molar-refractivity contribution in [3.63, 3.8) is 0 Å². The van der Waals surface area contributed by atoms with Gasteiger partial charge < -0.3 is 10.6 Å². The zero-order chi connectivity index (χ0) is 16.1. The Morgan fingerprint density at radius 1 is 1.55 bits per heavy atom. The Morgan fingerprint density at radius 2 is 2.23 bits per heavy atom. The Labute approximate surface area is 134 Å². The Bertz CT molecular complexity index is 597. The molecule has 22 heavy (non-hydrogen) atoms. The molecule has 0 saturated carbocycles. The predicted molar refractivity (Wildman–Crippen MR) is 91.2 cm³/mol. The molecule has 3 N–H and O–H groups in total. The van der Waals surface area contributed by atoms with Gasteiger partial charge in [-0.05, 0) is 37.0 Å². The SMILES string of the molecule is CC1CCN(c2ccc(C=NNC(N)=S)cc2[N+](=O)[O-])CC1. The molecular weight excluding hydrogens is 302 g/mol. The first-order valence-corrected chi connectivity index (χ1v) is 7.50. The van der Waals surface area contributed by atoms with Gasteiger partial charge in [0.25, 0.3) is 5.69 Å². The van der Waals surface area contributed by atoms with Crippen LogP contribution < -0.4 is 16.1 Å². The van der Waals surface area contributed by atoms with E-state index in [2.05, 4.69) is 34.6 Å². The maximum atomic E-state index is 11.3. The molecule has 0 amide bonds. The highest BCUT2D eigenvalue weighted by Crippen LogP contribution is 2.31. The summed E-state index contributed by atoms with van der Waals surface area (Å²) in [5.74, 6) is 0.674. The summed E-state index contributed by atoms with van der Waals surface area (Å²) in [5, 5.41) is 15.2. The van der Waals surface area contributed by atoms with Crippen LogP contribution in [0.25, 0.3) is 0 Å². The molecule has 1 aliphatic rings. The number of piperidine rings is 1. The largest absolute Gasteiger partial charge is 0.375 e. The summed E-state index contributed by atoms with van der Waals surface area (Å²) in [6, 6.07) is 5.08. The summed E-state index contributed by atoms with van der Waals surface area (Å²) >= 11 is 4.63. The normalized spacial score (nSPS) is 16.0. The minimum Gasteiger partial charge on any atom is -0.375 e. The highest BCUT2D eigenvalue weighted by atomic mass is 32.1. The van der Waals surface area contributed by atoms with Crippen molar-refractivity contribution < 1.29 is 4.92 Å². The van der Waals surface area contributed by atoms with Gasteiger partial charge in [0.2, 0.25) is 0 Å². The van der Waals surface area contributed by atoms with Crippen molar-refractivity contribution in [2.45, 2.75) is 19.8 Å². The monoisotopic (exact) mass is 321 g/mol. The molecule has 1 heterocycles. The molecule has 2 rings (SSSR count). The highest BCUT2D eigenvalue weighted by molar-refractivity contribution is 7.80. The van der Waals surface area contributed by atoms with Crippen LogP contribution in [0.4, 0.5) is 11.4 Å². The molecule has 0 unspecified atom stereocenters. The van der Waals surface area contributed by atoms with E-state index in [1.807, 2.05) is 0 Å². The number of anilines is 1. The summed E-state index contributed by atoms with van der Waals surface area (Å²) in [5.41, 5.74) is 9.05. The van der Waals surface area contributed by atoms with Crippen LogP contribution in [0, 0.1) is 16.0 Å². The first-order valence-electron chi connectivity index (χ1n) is 7.09. The molecule has 1 fully saturated rings. The van der Waals surface area contributed by atoms with Crippen LogP contribution in [0.15, 0.2) is 23.3 Å². The van der Waals surface area contributed by atoms with E-state index < -0.39 is 0 Å². The standard InChI is InChI=1S/C14H19N5O2S/c1-10-4-6-18(7-5-10)12-3-2-11(8-13(12)19(20)21)9-16-17-14(15)22/h2-3,8-10H,4-7H2,1H3,(H3,15,17,22). The second-order valence-electron chi connectivity index (χ2n) is 5.41. The summed E-state index contributed by atoms with van der Waals surface area (Å²) in [4.78, 5) is 13.1. The summed E-state index contributed by atoms with van der Waals surface area (Å²) in [6.45, 7) is 3.90. The molecule has 0 aromatic heterocycles. The van der Waals surface area contributed by atoms with Crippen LogP contribution >= 0.6 is 12.2 Å². The molecular formula is C14H19N5O2S. The van der Waals surface area contributed by atoms with Gasteiger partial charge in [-0.3, -0.25) is 15.5 Å². The minimum atomic E-state index is -0.355. The molecule has 0 atom stereocenters. The molecule has 0 radical (unpaired) electrons. The first-order chi connectivity index (χ1) is 10.5. The van der Waals surface area contributed by atoms with Crippen LogP contribution in [-0.4, -0.2) is 29.3 Å². The fourth-order valence-corrected chi connectivity index (χ4v) is 2.51. The Kier molecular flexibility index (Phi) is 5.26. The third-order valence-electron chi connectivity index (χ3n) is 3.71. The predicted octanol–water partition coefficient (Wildman–Crippen LogP) is 2.00. The molecule has 1 aliphatic heterocycles. The van der Waals surface area contributed by atoms with Crippen molar-refractivity contribution in [3.8, 4) is 0 Å². The second-order valence-corrected chi connectivity index (χ2v) is 5.85.